The molecule has 0 unspecified atom stereocenters. The highest BCUT2D eigenvalue weighted by Crippen LogP contribution is 2.36. The topological polar surface area (TPSA) is 61.4 Å². The summed E-state index contributed by atoms with van der Waals surface area (Å²) in [5, 5.41) is 5.45. The highest BCUT2D eigenvalue weighted by molar-refractivity contribution is 5.94. The molecule has 1 aliphatic heterocycles. The summed E-state index contributed by atoms with van der Waals surface area (Å²) >= 11 is 0. The van der Waals surface area contributed by atoms with Gasteiger partial charge in [-0.1, -0.05) is 0 Å². The van der Waals surface area contributed by atoms with Gasteiger partial charge in [-0.05, 0) is 49.8 Å². The monoisotopic (exact) mass is 515 g/mol. The molecule has 1 aliphatic carbocycles. The van der Waals surface area contributed by atoms with Gasteiger partial charge in [-0.3, -0.25) is 9.59 Å². The second-order valence-electron chi connectivity index (χ2n) is 9.02. The molecule has 1 aromatic carbocycles. The van der Waals surface area contributed by atoms with Crippen molar-refractivity contribution in [2.45, 2.75) is 56.4 Å². The number of carbonyl (C=O) groups excluding carboxylic acids is 2. The van der Waals surface area contributed by atoms with Gasteiger partial charge >= 0.3 is 12.4 Å². The smallest absolute Gasteiger partial charge is 0.352 e. The van der Waals surface area contributed by atoms with E-state index in [9.17, 15) is 44.7 Å². The molecule has 2 amide bonds. The molecule has 1 heterocycles. The summed E-state index contributed by atoms with van der Waals surface area (Å²) in [6, 6.07) is 0.703. The van der Waals surface area contributed by atoms with Crippen LogP contribution in [0, 0.1) is 5.92 Å². The van der Waals surface area contributed by atoms with Crippen LogP contribution in [0.4, 0.5) is 35.1 Å². The van der Waals surface area contributed by atoms with Crippen molar-refractivity contribution < 1.29 is 44.7 Å². The molecule has 196 valence electrons. The van der Waals surface area contributed by atoms with Crippen molar-refractivity contribution in [3.8, 4) is 0 Å². The van der Waals surface area contributed by atoms with Crippen LogP contribution in [0.1, 0.15) is 53.6 Å². The van der Waals surface area contributed by atoms with Crippen molar-refractivity contribution in [1.29, 1.82) is 0 Å². The highest BCUT2D eigenvalue weighted by atomic mass is 19.4. The molecule has 0 spiro atoms. The minimum absolute atomic E-state index is 0.0102. The van der Waals surface area contributed by atoms with Crippen LogP contribution in [0.3, 0.4) is 0 Å². The number of benzene rings is 1. The Bertz CT molecular complexity index is 892. The molecule has 2 N–H and O–H groups in total. The van der Waals surface area contributed by atoms with Crippen LogP contribution in [-0.2, 0) is 17.1 Å². The van der Waals surface area contributed by atoms with Crippen molar-refractivity contribution >= 4 is 11.8 Å². The molecular weight excluding hydrogens is 490 g/mol. The molecule has 0 atom stereocenters. The van der Waals surface area contributed by atoms with E-state index in [2.05, 4.69) is 10.6 Å². The van der Waals surface area contributed by atoms with Gasteiger partial charge in [0.1, 0.15) is 0 Å². The lowest BCUT2D eigenvalue weighted by Crippen LogP contribution is -2.43. The van der Waals surface area contributed by atoms with Crippen LogP contribution in [0.25, 0.3) is 0 Å². The molecule has 0 aromatic heterocycles. The van der Waals surface area contributed by atoms with Crippen LogP contribution in [0.15, 0.2) is 18.2 Å². The average molecular weight is 515 g/mol. The molecule has 1 aromatic rings. The van der Waals surface area contributed by atoms with Gasteiger partial charge in [0.05, 0.1) is 24.2 Å². The molecule has 3 rings (SSSR count). The van der Waals surface area contributed by atoms with Crippen LogP contribution >= 0.6 is 0 Å². The number of carbonyl (C=O) groups is 2. The Labute approximate surface area is 196 Å². The van der Waals surface area contributed by atoms with Crippen molar-refractivity contribution in [2.75, 3.05) is 26.2 Å². The fraction of sp³-hybridized carbons (Fsp3) is 0.636. The zero-order valence-electron chi connectivity index (χ0n) is 18.5. The average Bonchev–Trinajstić information content (AvgIpc) is 3.14. The summed E-state index contributed by atoms with van der Waals surface area (Å²) in [5.41, 5.74) is -3.85. The molecule has 2 fully saturated rings. The molecule has 0 radical (unpaired) electrons. The Hall–Kier alpha value is -2.44. The Morgan fingerprint density at radius 1 is 0.943 bits per heavy atom. The van der Waals surface area contributed by atoms with Gasteiger partial charge in [0, 0.05) is 31.1 Å². The van der Waals surface area contributed by atoms with E-state index in [-0.39, 0.29) is 44.1 Å². The van der Waals surface area contributed by atoms with Gasteiger partial charge < -0.3 is 15.5 Å². The van der Waals surface area contributed by atoms with Crippen molar-refractivity contribution in [1.82, 2.24) is 15.5 Å². The molecule has 5 nitrogen and oxygen atoms in total. The lowest BCUT2D eigenvalue weighted by molar-refractivity contribution is -0.143. The molecule has 35 heavy (non-hydrogen) atoms. The fourth-order valence-corrected chi connectivity index (χ4v) is 4.29. The number of nitrogens with one attached hydrogen (secondary N) is 2. The largest absolute Gasteiger partial charge is 0.416 e. The second kappa shape index (κ2) is 10.3. The van der Waals surface area contributed by atoms with Gasteiger partial charge in [-0.25, -0.2) is 8.78 Å². The number of rotatable bonds is 6. The van der Waals surface area contributed by atoms with E-state index in [0.717, 1.165) is 4.90 Å². The standard InChI is InChI=1S/C22H25F8N3O2/c23-20(24)5-6-33(12-20)18(34)11-31-17-3-1-13(2-4-17)10-32-19(35)14-7-15(21(25,26)27)9-16(8-14)22(28,29)30/h7-9,13,17,31H,1-6,10-12H2,(H,32,35). The first-order valence-electron chi connectivity index (χ1n) is 11.1. The van der Waals surface area contributed by atoms with E-state index in [1.54, 1.807) is 0 Å². The van der Waals surface area contributed by atoms with Gasteiger partial charge in [-0.2, -0.15) is 26.3 Å². The van der Waals surface area contributed by atoms with Gasteiger partial charge in [0.15, 0.2) is 0 Å². The summed E-state index contributed by atoms with van der Waals surface area (Å²) in [4.78, 5) is 25.5. The van der Waals surface area contributed by atoms with Crippen LogP contribution in [0.5, 0.6) is 0 Å². The second-order valence-corrected chi connectivity index (χ2v) is 9.02. The Kier molecular flexibility index (Phi) is 7.97. The molecule has 0 bridgehead atoms. The van der Waals surface area contributed by atoms with Crippen LogP contribution < -0.4 is 10.6 Å². The van der Waals surface area contributed by atoms with E-state index in [1.165, 1.54) is 0 Å². The normalized spacial score (nSPS) is 22.8. The fourth-order valence-electron chi connectivity index (χ4n) is 4.29. The summed E-state index contributed by atoms with van der Waals surface area (Å²) in [6.45, 7) is -0.573. The number of alkyl halides is 8. The number of nitrogens with zero attached hydrogens (tertiary/aromatic N) is 1. The third-order valence-electron chi connectivity index (χ3n) is 6.31. The lowest BCUT2D eigenvalue weighted by Gasteiger charge is -2.29. The summed E-state index contributed by atoms with van der Waals surface area (Å²) in [5.74, 6) is -4.34. The Morgan fingerprint density at radius 3 is 2.00 bits per heavy atom. The van der Waals surface area contributed by atoms with E-state index in [4.69, 9.17) is 0 Å². The number of likely N-dealkylation sites (tertiary alicyclic amines) is 1. The first kappa shape index (κ1) is 27.2. The minimum Gasteiger partial charge on any atom is -0.352 e. The Morgan fingerprint density at radius 2 is 1.51 bits per heavy atom. The molecule has 2 aliphatic rings. The van der Waals surface area contributed by atoms with Gasteiger partial charge in [0.25, 0.3) is 11.8 Å². The predicted octanol–water partition coefficient (Wildman–Crippen LogP) is 4.47. The van der Waals surface area contributed by atoms with Gasteiger partial charge in [0.2, 0.25) is 5.91 Å². The van der Waals surface area contributed by atoms with Crippen molar-refractivity contribution in [3.63, 3.8) is 0 Å². The van der Waals surface area contributed by atoms with Crippen LogP contribution in [-0.4, -0.2) is 54.9 Å². The minimum atomic E-state index is -5.04. The zero-order valence-corrected chi connectivity index (χ0v) is 18.5. The quantitative estimate of drug-likeness (QED) is 0.550. The Balaban J connectivity index is 1.47. The summed E-state index contributed by atoms with van der Waals surface area (Å²) in [7, 11) is 0. The zero-order chi connectivity index (χ0) is 26.0. The SMILES string of the molecule is O=C(NCC1CCC(NCC(=O)N2CCC(F)(F)C2)CC1)c1cc(C(F)(F)F)cc(C(F)(F)F)c1. The molecule has 1 saturated heterocycles. The maximum absolute atomic E-state index is 13.2. The third kappa shape index (κ3) is 7.52. The van der Waals surface area contributed by atoms with Crippen LogP contribution in [0.2, 0.25) is 0 Å². The first-order chi connectivity index (χ1) is 16.1. The van der Waals surface area contributed by atoms with Crippen molar-refractivity contribution in [3.05, 3.63) is 34.9 Å². The van der Waals surface area contributed by atoms with E-state index >= 15 is 0 Å². The third-order valence-corrected chi connectivity index (χ3v) is 6.31. The lowest BCUT2D eigenvalue weighted by atomic mass is 9.86. The maximum atomic E-state index is 13.2. The van der Waals surface area contributed by atoms with E-state index < -0.39 is 53.3 Å². The number of hydrogen-bond acceptors (Lipinski definition) is 3. The number of hydrogen-bond donors (Lipinski definition) is 2. The maximum Gasteiger partial charge on any atom is 0.416 e. The highest BCUT2D eigenvalue weighted by Gasteiger charge is 2.40. The van der Waals surface area contributed by atoms with Crippen molar-refractivity contribution in [2.24, 2.45) is 5.92 Å². The predicted molar refractivity (Wildman–Crippen MR) is 109 cm³/mol. The number of halogens is 8. The molecule has 1 saturated carbocycles. The first-order valence-corrected chi connectivity index (χ1v) is 11.1. The summed E-state index contributed by atoms with van der Waals surface area (Å²) < 4.78 is 104. The van der Waals surface area contributed by atoms with E-state index in [0.29, 0.717) is 37.8 Å². The van der Waals surface area contributed by atoms with Gasteiger partial charge in [-0.15, -0.1) is 0 Å². The molecular formula is C22H25F8N3O2. The molecule has 13 heteroatoms. The number of amides is 2. The van der Waals surface area contributed by atoms with E-state index in [1.807, 2.05) is 0 Å². The summed E-state index contributed by atoms with van der Waals surface area (Å²) in [6.07, 6.45) is -8.00.